The van der Waals surface area contributed by atoms with Crippen molar-refractivity contribution in [2.24, 2.45) is 0 Å². The third-order valence-electron chi connectivity index (χ3n) is 2.57. The predicted octanol–water partition coefficient (Wildman–Crippen LogP) is 1.08. The molecule has 0 saturated heterocycles. The topological polar surface area (TPSA) is 68.3 Å². The summed E-state index contributed by atoms with van der Waals surface area (Å²) in [5, 5.41) is 2.80. The first-order chi connectivity index (χ1) is 8.65. The molecule has 98 valence electrons. The van der Waals surface area contributed by atoms with Gasteiger partial charge in [-0.3, -0.25) is 14.6 Å². The molecule has 0 aliphatic heterocycles. The molecule has 1 heterocycles. The van der Waals surface area contributed by atoms with Crippen LogP contribution in [0.2, 0.25) is 0 Å². The van der Waals surface area contributed by atoms with E-state index in [1.165, 1.54) is 7.11 Å². The van der Waals surface area contributed by atoms with Crippen LogP contribution in [0, 0.1) is 0 Å². The summed E-state index contributed by atoms with van der Waals surface area (Å²) >= 11 is 0. The molecule has 0 radical (unpaired) electrons. The highest BCUT2D eigenvalue weighted by Gasteiger charge is 2.15. The fraction of sp³-hybridized carbons (Fsp3) is 0.462. The van der Waals surface area contributed by atoms with Crippen molar-refractivity contribution in [3.05, 3.63) is 30.1 Å². The number of aromatic nitrogens is 1. The number of carbonyl (C=O) groups excluding carboxylic acids is 2. The monoisotopic (exact) mass is 250 g/mol. The molecule has 5 nitrogen and oxygen atoms in total. The van der Waals surface area contributed by atoms with Crippen molar-refractivity contribution in [3.8, 4) is 0 Å². The van der Waals surface area contributed by atoms with Gasteiger partial charge in [-0.25, -0.2) is 0 Å². The summed E-state index contributed by atoms with van der Waals surface area (Å²) in [7, 11) is 1.34. The third-order valence-corrected chi connectivity index (χ3v) is 2.57. The number of esters is 1. The van der Waals surface area contributed by atoms with Crippen LogP contribution in [0.25, 0.3) is 0 Å². The van der Waals surface area contributed by atoms with Crippen LogP contribution in [0.5, 0.6) is 0 Å². The molecule has 1 aromatic rings. The standard InChI is InChI=1S/C13H18N2O3/c1-3-10(9-13(17)18-2)15-12(16)8-11-6-4-5-7-14-11/h4-7,10H,3,8-9H2,1-2H3,(H,15,16). The number of methoxy groups -OCH3 is 1. The summed E-state index contributed by atoms with van der Waals surface area (Å²) in [4.78, 5) is 27.0. The first-order valence-corrected chi connectivity index (χ1v) is 5.91. The maximum Gasteiger partial charge on any atom is 0.307 e. The number of hydrogen-bond acceptors (Lipinski definition) is 4. The van der Waals surface area contributed by atoms with Crippen molar-refractivity contribution in [1.82, 2.24) is 10.3 Å². The smallest absolute Gasteiger partial charge is 0.307 e. The maximum atomic E-state index is 11.7. The molecule has 0 aromatic carbocycles. The van der Waals surface area contributed by atoms with Gasteiger partial charge in [-0.1, -0.05) is 13.0 Å². The molecule has 1 atom stereocenters. The summed E-state index contributed by atoms with van der Waals surface area (Å²) < 4.78 is 4.58. The van der Waals surface area contributed by atoms with Crippen LogP contribution in [0.15, 0.2) is 24.4 Å². The van der Waals surface area contributed by atoms with Gasteiger partial charge in [0.15, 0.2) is 0 Å². The fourth-order valence-corrected chi connectivity index (χ4v) is 1.53. The van der Waals surface area contributed by atoms with E-state index in [4.69, 9.17) is 0 Å². The molecule has 18 heavy (non-hydrogen) atoms. The molecule has 1 N–H and O–H groups in total. The molecule has 5 heteroatoms. The van der Waals surface area contributed by atoms with Crippen LogP contribution in [0.1, 0.15) is 25.5 Å². The number of pyridine rings is 1. The van der Waals surface area contributed by atoms with E-state index < -0.39 is 0 Å². The number of nitrogens with zero attached hydrogens (tertiary/aromatic N) is 1. The van der Waals surface area contributed by atoms with Crippen molar-refractivity contribution in [1.29, 1.82) is 0 Å². The van der Waals surface area contributed by atoms with Crippen molar-refractivity contribution in [2.75, 3.05) is 7.11 Å². The Labute approximate surface area is 107 Å². The van der Waals surface area contributed by atoms with Gasteiger partial charge in [-0.2, -0.15) is 0 Å². The largest absolute Gasteiger partial charge is 0.469 e. The van der Waals surface area contributed by atoms with Gasteiger partial charge in [-0.15, -0.1) is 0 Å². The zero-order valence-corrected chi connectivity index (χ0v) is 10.7. The van der Waals surface area contributed by atoms with Gasteiger partial charge in [0.2, 0.25) is 5.91 Å². The van der Waals surface area contributed by atoms with Crippen LogP contribution in [0.3, 0.4) is 0 Å². The molecule has 1 amide bonds. The number of ether oxygens (including phenoxy) is 1. The van der Waals surface area contributed by atoms with Gasteiger partial charge in [0, 0.05) is 17.9 Å². The molecular weight excluding hydrogens is 232 g/mol. The van der Waals surface area contributed by atoms with Crippen LogP contribution in [0.4, 0.5) is 0 Å². The van der Waals surface area contributed by atoms with Gasteiger partial charge in [0.1, 0.15) is 0 Å². The van der Waals surface area contributed by atoms with E-state index in [-0.39, 0.29) is 30.8 Å². The highest BCUT2D eigenvalue weighted by molar-refractivity contribution is 5.79. The Balaban J connectivity index is 2.45. The molecule has 0 aliphatic rings. The lowest BCUT2D eigenvalue weighted by atomic mass is 10.1. The van der Waals surface area contributed by atoms with Crippen molar-refractivity contribution < 1.29 is 14.3 Å². The first kappa shape index (κ1) is 14.2. The van der Waals surface area contributed by atoms with Gasteiger partial charge in [0.25, 0.3) is 0 Å². The van der Waals surface area contributed by atoms with Crippen LogP contribution in [-0.4, -0.2) is 30.0 Å². The molecule has 0 aliphatic carbocycles. The Hall–Kier alpha value is -1.91. The fourth-order valence-electron chi connectivity index (χ4n) is 1.53. The molecule has 0 bridgehead atoms. The van der Waals surface area contributed by atoms with Crippen LogP contribution >= 0.6 is 0 Å². The van der Waals surface area contributed by atoms with Crippen molar-refractivity contribution >= 4 is 11.9 Å². The van der Waals surface area contributed by atoms with E-state index in [0.29, 0.717) is 12.1 Å². The zero-order valence-electron chi connectivity index (χ0n) is 10.7. The van der Waals surface area contributed by atoms with Crippen LogP contribution < -0.4 is 5.32 Å². The Kier molecular flexibility index (Phi) is 5.84. The lowest BCUT2D eigenvalue weighted by Crippen LogP contribution is -2.37. The Morgan fingerprint density at radius 1 is 1.44 bits per heavy atom. The second-order valence-electron chi connectivity index (χ2n) is 3.95. The Bertz CT molecular complexity index is 392. The van der Waals surface area contributed by atoms with Crippen molar-refractivity contribution in [2.45, 2.75) is 32.2 Å². The number of hydrogen-bond donors (Lipinski definition) is 1. The average Bonchev–Trinajstić information content (AvgIpc) is 2.38. The third kappa shape index (κ3) is 4.95. The zero-order chi connectivity index (χ0) is 13.4. The number of rotatable bonds is 6. The number of amides is 1. The molecule has 1 rings (SSSR count). The van der Waals surface area contributed by atoms with E-state index in [9.17, 15) is 9.59 Å². The summed E-state index contributed by atoms with van der Waals surface area (Å²) in [6.45, 7) is 1.91. The van der Waals surface area contributed by atoms with Gasteiger partial charge >= 0.3 is 5.97 Å². The molecular formula is C13H18N2O3. The molecule has 1 aromatic heterocycles. The van der Waals surface area contributed by atoms with E-state index in [0.717, 1.165) is 0 Å². The second-order valence-corrected chi connectivity index (χ2v) is 3.95. The summed E-state index contributed by atoms with van der Waals surface area (Å²) in [5.74, 6) is -0.454. The second kappa shape index (κ2) is 7.42. The molecule has 0 saturated carbocycles. The minimum absolute atomic E-state index is 0.135. The average molecular weight is 250 g/mol. The SMILES string of the molecule is CCC(CC(=O)OC)NC(=O)Cc1ccccn1. The highest BCUT2D eigenvalue weighted by atomic mass is 16.5. The summed E-state index contributed by atoms with van der Waals surface area (Å²) in [6.07, 6.45) is 2.75. The number of nitrogens with one attached hydrogen (secondary N) is 1. The lowest BCUT2D eigenvalue weighted by Gasteiger charge is -2.15. The van der Waals surface area contributed by atoms with Gasteiger partial charge < -0.3 is 10.1 Å². The quantitative estimate of drug-likeness (QED) is 0.767. The minimum Gasteiger partial charge on any atom is -0.469 e. The van der Waals surface area contributed by atoms with Gasteiger partial charge in [-0.05, 0) is 18.6 Å². The molecule has 0 fully saturated rings. The minimum atomic E-state index is -0.319. The molecule has 1 unspecified atom stereocenters. The Morgan fingerprint density at radius 2 is 2.22 bits per heavy atom. The van der Waals surface area contributed by atoms with E-state index in [1.54, 1.807) is 18.3 Å². The lowest BCUT2D eigenvalue weighted by molar-refractivity contribution is -0.141. The van der Waals surface area contributed by atoms with Crippen LogP contribution in [-0.2, 0) is 20.7 Å². The Morgan fingerprint density at radius 3 is 2.78 bits per heavy atom. The summed E-state index contributed by atoms with van der Waals surface area (Å²) in [6, 6.07) is 5.24. The van der Waals surface area contributed by atoms with E-state index in [2.05, 4.69) is 15.0 Å². The summed E-state index contributed by atoms with van der Waals surface area (Å²) in [5.41, 5.74) is 0.711. The van der Waals surface area contributed by atoms with Crippen molar-refractivity contribution in [3.63, 3.8) is 0 Å². The predicted molar refractivity (Wildman–Crippen MR) is 66.8 cm³/mol. The van der Waals surface area contributed by atoms with E-state index >= 15 is 0 Å². The van der Waals surface area contributed by atoms with E-state index in [1.807, 2.05) is 13.0 Å². The number of carbonyl (C=O) groups is 2. The first-order valence-electron chi connectivity index (χ1n) is 5.91. The normalized spacial score (nSPS) is 11.7. The van der Waals surface area contributed by atoms with Gasteiger partial charge in [0.05, 0.1) is 20.0 Å². The maximum absolute atomic E-state index is 11.7. The molecule has 0 spiro atoms. The highest BCUT2D eigenvalue weighted by Crippen LogP contribution is 2.01.